The van der Waals surface area contributed by atoms with Gasteiger partial charge in [-0.15, -0.1) is 0 Å². The molecule has 3 N–H and O–H groups in total. The largest absolute Gasteiger partial charge is 0.390 e. The molecule has 7 nitrogen and oxygen atoms in total. The first-order valence-corrected chi connectivity index (χ1v) is 11.0. The van der Waals surface area contributed by atoms with Crippen molar-refractivity contribution in [2.75, 3.05) is 25.0 Å². The Hall–Kier alpha value is -1.67. The molecule has 0 radical (unpaired) electrons. The molecule has 1 amide bonds. The topological polar surface area (TPSA) is 82.4 Å². The fourth-order valence-corrected chi connectivity index (χ4v) is 6.82. The van der Waals surface area contributed by atoms with Gasteiger partial charge in [-0.25, -0.2) is 9.07 Å². The number of halogens is 1. The number of aryl methyl sites for hydroxylation is 1. The van der Waals surface area contributed by atoms with Gasteiger partial charge in [0.05, 0.1) is 5.60 Å². The van der Waals surface area contributed by atoms with E-state index in [4.69, 9.17) is 0 Å². The Morgan fingerprint density at radius 1 is 1.28 bits per heavy atom. The summed E-state index contributed by atoms with van der Waals surface area (Å²) in [5.41, 5.74) is -0.658. The van der Waals surface area contributed by atoms with Gasteiger partial charge in [0.1, 0.15) is 0 Å². The fourth-order valence-electron chi connectivity index (χ4n) is 6.82. The molecule has 1 aromatic heterocycles. The van der Waals surface area contributed by atoms with E-state index in [0.29, 0.717) is 23.6 Å². The Labute approximate surface area is 171 Å². The maximum Gasteiger partial charge on any atom is 0.275 e. The van der Waals surface area contributed by atoms with E-state index in [2.05, 4.69) is 15.7 Å². The molecule has 0 aromatic carbocycles. The lowest BCUT2D eigenvalue weighted by atomic mass is 9.52. The number of anilines is 1. The van der Waals surface area contributed by atoms with Crippen molar-refractivity contribution in [3.63, 3.8) is 0 Å². The normalized spacial score (nSPS) is 36.4. The number of nitrogens with one attached hydrogen (secondary N) is 2. The van der Waals surface area contributed by atoms with Crippen LogP contribution in [0.25, 0.3) is 0 Å². The summed E-state index contributed by atoms with van der Waals surface area (Å²) >= 11 is 0. The van der Waals surface area contributed by atoms with Crippen LogP contribution in [0.3, 0.4) is 0 Å². The summed E-state index contributed by atoms with van der Waals surface area (Å²) in [6, 6.07) is 0.258. The van der Waals surface area contributed by atoms with Gasteiger partial charge in [-0.2, -0.15) is 5.10 Å². The number of nitrogens with zero attached hydrogens (tertiary/aromatic N) is 3. The monoisotopic (exact) mass is 405 g/mol. The Kier molecular flexibility index (Phi) is 4.62. The molecule has 2 atom stereocenters. The Morgan fingerprint density at radius 2 is 1.93 bits per heavy atom. The molecule has 8 heteroatoms. The molecule has 1 aromatic rings. The van der Waals surface area contributed by atoms with Gasteiger partial charge < -0.3 is 20.6 Å². The van der Waals surface area contributed by atoms with Crippen molar-refractivity contribution < 1.29 is 14.3 Å². The quantitative estimate of drug-likeness (QED) is 0.706. The van der Waals surface area contributed by atoms with Crippen LogP contribution in [0.1, 0.15) is 55.4 Å². The second-order valence-corrected chi connectivity index (χ2v) is 9.90. The van der Waals surface area contributed by atoms with E-state index in [1.54, 1.807) is 7.05 Å². The van der Waals surface area contributed by atoms with Crippen LogP contribution in [0.2, 0.25) is 0 Å². The van der Waals surface area contributed by atoms with Crippen molar-refractivity contribution >= 4 is 11.7 Å². The smallest absolute Gasteiger partial charge is 0.275 e. The summed E-state index contributed by atoms with van der Waals surface area (Å²) in [7, 11) is 3.58. The predicted molar refractivity (Wildman–Crippen MR) is 107 cm³/mol. The summed E-state index contributed by atoms with van der Waals surface area (Å²) in [6.07, 6.45) is 6.40. The highest BCUT2D eigenvalue weighted by Crippen LogP contribution is 2.55. The van der Waals surface area contributed by atoms with Crippen molar-refractivity contribution in [3.05, 3.63) is 11.5 Å². The van der Waals surface area contributed by atoms with Crippen molar-refractivity contribution in [2.24, 2.45) is 24.8 Å². The van der Waals surface area contributed by atoms with Gasteiger partial charge in [0.15, 0.2) is 17.3 Å². The van der Waals surface area contributed by atoms with Gasteiger partial charge in [0.25, 0.3) is 5.91 Å². The summed E-state index contributed by atoms with van der Waals surface area (Å²) < 4.78 is 16.8. The third-order valence-corrected chi connectivity index (χ3v) is 7.90. The van der Waals surface area contributed by atoms with Crippen molar-refractivity contribution in [3.8, 4) is 0 Å². The lowest BCUT2D eigenvalue weighted by Gasteiger charge is -2.58. The highest BCUT2D eigenvalue weighted by atomic mass is 19.1. The van der Waals surface area contributed by atoms with E-state index < -0.39 is 17.3 Å². The van der Waals surface area contributed by atoms with Gasteiger partial charge in [-0.05, 0) is 75.8 Å². The number of rotatable bonds is 4. The third kappa shape index (κ3) is 3.24. The van der Waals surface area contributed by atoms with Gasteiger partial charge >= 0.3 is 0 Å². The Morgan fingerprint density at radius 3 is 2.55 bits per heavy atom. The van der Waals surface area contributed by atoms with Crippen molar-refractivity contribution in [1.82, 2.24) is 20.4 Å². The van der Waals surface area contributed by atoms with Crippen LogP contribution in [0.15, 0.2) is 0 Å². The van der Waals surface area contributed by atoms with E-state index in [0.717, 1.165) is 58.0 Å². The summed E-state index contributed by atoms with van der Waals surface area (Å²) in [6.45, 7) is 1.83. The second-order valence-electron chi connectivity index (χ2n) is 9.90. The number of piperidine rings is 1. The first-order valence-electron chi connectivity index (χ1n) is 11.0. The zero-order valence-electron chi connectivity index (χ0n) is 17.3. The molecule has 5 fully saturated rings. The molecule has 5 aliphatic rings. The fraction of sp³-hybridized carbons (Fsp3) is 0.810. The minimum Gasteiger partial charge on any atom is -0.390 e. The molecule has 160 valence electrons. The minimum atomic E-state index is -0.543. The average Bonchev–Trinajstić information content (AvgIpc) is 2.97. The number of amides is 1. The van der Waals surface area contributed by atoms with Crippen LogP contribution in [0.4, 0.5) is 10.2 Å². The summed E-state index contributed by atoms with van der Waals surface area (Å²) in [5, 5.41) is 21.4. The minimum absolute atomic E-state index is 0.0197. The van der Waals surface area contributed by atoms with Crippen LogP contribution in [0, 0.1) is 23.6 Å². The van der Waals surface area contributed by atoms with Crippen LogP contribution >= 0.6 is 0 Å². The van der Waals surface area contributed by atoms with E-state index >= 15 is 4.39 Å². The van der Waals surface area contributed by atoms with Gasteiger partial charge in [-0.1, -0.05) is 0 Å². The number of carbonyl (C=O) groups is 1. The molecular weight excluding hydrogens is 373 g/mol. The maximum atomic E-state index is 15.3. The van der Waals surface area contributed by atoms with Crippen LogP contribution in [-0.4, -0.2) is 58.6 Å². The second kappa shape index (κ2) is 6.94. The molecule has 29 heavy (non-hydrogen) atoms. The SMILES string of the molecule is CN(c1c(F)c(C(=O)N[C@H]2C3CC4CC2C[C@](O)(C4)C3)nn1C)C1CCNCC1. The highest BCUT2D eigenvalue weighted by molar-refractivity contribution is 5.93. The van der Waals surface area contributed by atoms with Crippen LogP contribution in [0.5, 0.6) is 0 Å². The first kappa shape index (κ1) is 19.3. The van der Waals surface area contributed by atoms with Gasteiger partial charge in [0.2, 0.25) is 0 Å². The number of carbonyl (C=O) groups excluding carboxylic acids is 1. The maximum absolute atomic E-state index is 15.3. The lowest BCUT2D eigenvalue weighted by molar-refractivity contribution is -0.137. The lowest BCUT2D eigenvalue weighted by Crippen LogP contribution is -2.61. The van der Waals surface area contributed by atoms with E-state index in [1.165, 1.54) is 4.68 Å². The molecule has 4 aliphatic carbocycles. The average molecular weight is 406 g/mol. The molecular formula is C21H32FN5O2. The number of hydrogen-bond acceptors (Lipinski definition) is 5. The van der Waals surface area contributed by atoms with E-state index in [1.807, 2.05) is 11.9 Å². The van der Waals surface area contributed by atoms with Crippen molar-refractivity contribution in [2.45, 2.75) is 62.6 Å². The molecule has 0 spiro atoms. The van der Waals surface area contributed by atoms with Crippen LogP contribution < -0.4 is 15.5 Å². The van der Waals surface area contributed by atoms with E-state index in [9.17, 15) is 9.90 Å². The summed E-state index contributed by atoms with van der Waals surface area (Å²) in [5.74, 6) is 0.572. The van der Waals surface area contributed by atoms with Gasteiger partial charge in [0, 0.05) is 26.2 Å². The van der Waals surface area contributed by atoms with E-state index in [-0.39, 0.29) is 17.8 Å². The van der Waals surface area contributed by atoms with Crippen molar-refractivity contribution in [1.29, 1.82) is 0 Å². The Bertz CT molecular complexity index is 789. The molecule has 4 bridgehead atoms. The summed E-state index contributed by atoms with van der Waals surface area (Å²) in [4.78, 5) is 14.9. The number of aromatic nitrogens is 2. The molecule has 4 saturated carbocycles. The van der Waals surface area contributed by atoms with Gasteiger partial charge in [-0.3, -0.25) is 4.79 Å². The molecule has 1 aliphatic heterocycles. The standard InChI is InChI=1S/C21H32FN5O2/c1-26(15-3-5-23-6-4-15)20-16(22)18(25-27(20)2)19(28)24-17-13-7-12-8-14(17)11-21(29,9-12)10-13/h12-15,17,23,29H,3-11H2,1-2H3,(H,24,28)/t12?,13?,14?,17-,21-. The zero-order chi connectivity index (χ0) is 20.3. The van der Waals surface area contributed by atoms with Crippen LogP contribution in [-0.2, 0) is 7.05 Å². The molecule has 6 rings (SSSR count). The zero-order valence-corrected chi connectivity index (χ0v) is 17.3. The molecule has 2 heterocycles. The molecule has 2 unspecified atom stereocenters. The number of aliphatic hydroxyl groups is 1. The third-order valence-electron chi connectivity index (χ3n) is 7.90. The molecule has 1 saturated heterocycles. The first-order chi connectivity index (χ1) is 13.8. The predicted octanol–water partition coefficient (Wildman–Crippen LogP) is 1.42. The number of hydrogen-bond donors (Lipinski definition) is 3. The highest BCUT2D eigenvalue weighted by Gasteiger charge is 2.55. The Balaban J connectivity index is 1.33.